The highest BCUT2D eigenvalue weighted by Gasteiger charge is 2.19. The highest BCUT2D eigenvalue weighted by atomic mass is 15.3. The second-order valence-corrected chi connectivity index (χ2v) is 4.51. The third kappa shape index (κ3) is 1.76. The zero-order chi connectivity index (χ0) is 10.1. The summed E-state index contributed by atoms with van der Waals surface area (Å²) in [5, 5.41) is 8.03. The molecule has 1 aliphatic carbocycles. The van der Waals surface area contributed by atoms with Crippen LogP contribution in [0.15, 0.2) is 6.20 Å². The second kappa shape index (κ2) is 3.64. The summed E-state index contributed by atoms with van der Waals surface area (Å²) in [4.78, 5) is 0. The van der Waals surface area contributed by atoms with Gasteiger partial charge in [-0.25, -0.2) is 0 Å². The van der Waals surface area contributed by atoms with Crippen LogP contribution < -0.4 is 5.32 Å². The minimum atomic E-state index is 0.450. The lowest BCUT2D eigenvalue weighted by molar-refractivity contribution is 0.442. The monoisotopic (exact) mass is 193 g/mol. The molecule has 78 valence electrons. The Kier molecular flexibility index (Phi) is 2.48. The molecule has 1 fully saturated rings. The molecule has 0 unspecified atom stereocenters. The zero-order valence-corrected chi connectivity index (χ0v) is 9.25. The molecule has 0 atom stereocenters. The fourth-order valence-electron chi connectivity index (χ4n) is 1.64. The molecule has 1 saturated carbocycles. The van der Waals surface area contributed by atoms with Crippen molar-refractivity contribution < 1.29 is 0 Å². The van der Waals surface area contributed by atoms with Crippen LogP contribution in [-0.2, 0) is 0 Å². The zero-order valence-electron chi connectivity index (χ0n) is 9.25. The van der Waals surface area contributed by atoms with Gasteiger partial charge in [-0.1, -0.05) is 0 Å². The molecule has 0 spiro atoms. The van der Waals surface area contributed by atoms with Gasteiger partial charge in [-0.3, -0.25) is 4.68 Å². The van der Waals surface area contributed by atoms with E-state index in [0.717, 1.165) is 5.82 Å². The first-order valence-electron chi connectivity index (χ1n) is 5.49. The molecular weight excluding hydrogens is 174 g/mol. The van der Waals surface area contributed by atoms with Gasteiger partial charge in [0.2, 0.25) is 0 Å². The topological polar surface area (TPSA) is 29.9 Å². The van der Waals surface area contributed by atoms with E-state index in [0.29, 0.717) is 12.1 Å². The highest BCUT2D eigenvalue weighted by molar-refractivity contribution is 5.43. The van der Waals surface area contributed by atoms with Crippen LogP contribution >= 0.6 is 0 Å². The SMILES string of the molecule is Cc1cn(C(C)C)nc1NC1CCC1. The number of aryl methyl sites for hydroxylation is 1. The summed E-state index contributed by atoms with van der Waals surface area (Å²) < 4.78 is 2.02. The summed E-state index contributed by atoms with van der Waals surface area (Å²) in [6.45, 7) is 6.42. The predicted octanol–water partition coefficient (Wildman–Crippen LogP) is 2.74. The first-order chi connectivity index (χ1) is 6.66. The predicted molar refractivity (Wildman–Crippen MR) is 58.6 cm³/mol. The first-order valence-corrected chi connectivity index (χ1v) is 5.49. The molecule has 14 heavy (non-hydrogen) atoms. The summed E-state index contributed by atoms with van der Waals surface area (Å²) in [6, 6.07) is 1.12. The molecule has 0 aliphatic heterocycles. The number of anilines is 1. The van der Waals surface area contributed by atoms with Gasteiger partial charge in [0.25, 0.3) is 0 Å². The molecule has 1 N–H and O–H groups in total. The lowest BCUT2D eigenvalue weighted by Crippen LogP contribution is -2.27. The van der Waals surface area contributed by atoms with Gasteiger partial charge in [-0.15, -0.1) is 0 Å². The fraction of sp³-hybridized carbons (Fsp3) is 0.727. The maximum Gasteiger partial charge on any atom is 0.151 e. The normalized spacial score (nSPS) is 17.1. The number of rotatable bonds is 3. The Morgan fingerprint density at radius 1 is 1.50 bits per heavy atom. The molecule has 1 heterocycles. The van der Waals surface area contributed by atoms with Crippen molar-refractivity contribution in [2.24, 2.45) is 0 Å². The number of aromatic nitrogens is 2. The van der Waals surface area contributed by atoms with Gasteiger partial charge in [0.15, 0.2) is 5.82 Å². The van der Waals surface area contributed by atoms with Crippen molar-refractivity contribution in [2.75, 3.05) is 5.32 Å². The van der Waals surface area contributed by atoms with Crippen molar-refractivity contribution in [2.45, 2.75) is 52.1 Å². The molecule has 3 nitrogen and oxygen atoms in total. The highest BCUT2D eigenvalue weighted by Crippen LogP contribution is 2.24. The molecule has 1 aliphatic rings. The van der Waals surface area contributed by atoms with Crippen LogP contribution in [0.1, 0.15) is 44.7 Å². The maximum atomic E-state index is 4.54. The van der Waals surface area contributed by atoms with Crippen LogP contribution in [0.4, 0.5) is 5.82 Å². The Labute approximate surface area is 85.5 Å². The van der Waals surface area contributed by atoms with Crippen molar-refractivity contribution in [3.05, 3.63) is 11.8 Å². The Hall–Kier alpha value is -0.990. The van der Waals surface area contributed by atoms with Crippen molar-refractivity contribution in [3.8, 4) is 0 Å². The number of hydrogen-bond donors (Lipinski definition) is 1. The maximum absolute atomic E-state index is 4.54. The number of hydrogen-bond acceptors (Lipinski definition) is 2. The van der Waals surface area contributed by atoms with E-state index in [1.54, 1.807) is 0 Å². The average molecular weight is 193 g/mol. The number of nitrogens with zero attached hydrogens (tertiary/aromatic N) is 2. The van der Waals surface area contributed by atoms with Gasteiger partial charge in [0.1, 0.15) is 0 Å². The van der Waals surface area contributed by atoms with Crippen molar-refractivity contribution in [1.82, 2.24) is 9.78 Å². The van der Waals surface area contributed by atoms with Gasteiger partial charge in [-0.2, -0.15) is 5.10 Å². The third-order valence-electron chi connectivity index (χ3n) is 2.89. The molecule has 1 aromatic rings. The van der Waals surface area contributed by atoms with Gasteiger partial charge < -0.3 is 5.32 Å². The quantitative estimate of drug-likeness (QED) is 0.800. The fourth-order valence-corrected chi connectivity index (χ4v) is 1.64. The second-order valence-electron chi connectivity index (χ2n) is 4.51. The Morgan fingerprint density at radius 2 is 2.21 bits per heavy atom. The van der Waals surface area contributed by atoms with Crippen LogP contribution in [0.5, 0.6) is 0 Å². The van der Waals surface area contributed by atoms with E-state index in [4.69, 9.17) is 0 Å². The summed E-state index contributed by atoms with van der Waals surface area (Å²) in [7, 11) is 0. The van der Waals surface area contributed by atoms with E-state index < -0.39 is 0 Å². The molecule has 0 amide bonds. The van der Waals surface area contributed by atoms with E-state index in [9.17, 15) is 0 Å². The minimum absolute atomic E-state index is 0.450. The summed E-state index contributed by atoms with van der Waals surface area (Å²) >= 11 is 0. The van der Waals surface area contributed by atoms with E-state index >= 15 is 0 Å². The van der Waals surface area contributed by atoms with Crippen LogP contribution in [0.2, 0.25) is 0 Å². The van der Waals surface area contributed by atoms with Crippen LogP contribution in [0.3, 0.4) is 0 Å². The van der Waals surface area contributed by atoms with E-state index in [-0.39, 0.29) is 0 Å². The molecular formula is C11H19N3. The largest absolute Gasteiger partial charge is 0.366 e. The summed E-state index contributed by atoms with van der Waals surface area (Å²) in [5.74, 6) is 1.07. The van der Waals surface area contributed by atoms with Gasteiger partial charge in [-0.05, 0) is 40.0 Å². The van der Waals surface area contributed by atoms with Crippen LogP contribution in [0.25, 0.3) is 0 Å². The molecule has 0 bridgehead atoms. The lowest BCUT2D eigenvalue weighted by atomic mass is 9.93. The third-order valence-corrected chi connectivity index (χ3v) is 2.89. The van der Waals surface area contributed by atoms with Crippen LogP contribution in [0, 0.1) is 6.92 Å². The lowest BCUT2D eigenvalue weighted by Gasteiger charge is -2.26. The minimum Gasteiger partial charge on any atom is -0.366 e. The van der Waals surface area contributed by atoms with Crippen LogP contribution in [-0.4, -0.2) is 15.8 Å². The van der Waals surface area contributed by atoms with Crippen molar-refractivity contribution in [3.63, 3.8) is 0 Å². The van der Waals surface area contributed by atoms with Crippen molar-refractivity contribution in [1.29, 1.82) is 0 Å². The van der Waals surface area contributed by atoms with E-state index in [2.05, 4.69) is 37.4 Å². The summed E-state index contributed by atoms with van der Waals surface area (Å²) in [6.07, 6.45) is 6.08. The van der Waals surface area contributed by atoms with Gasteiger partial charge in [0.05, 0.1) is 0 Å². The molecule has 3 heteroatoms. The molecule has 0 radical (unpaired) electrons. The molecule has 0 aromatic carbocycles. The summed E-state index contributed by atoms with van der Waals surface area (Å²) in [5.41, 5.74) is 1.26. The standard InChI is InChI=1S/C11H19N3/c1-8(2)14-7-9(3)11(13-14)12-10-5-4-6-10/h7-8,10H,4-6H2,1-3H3,(H,12,13). The van der Waals surface area contributed by atoms with E-state index in [1.807, 2.05) is 4.68 Å². The van der Waals surface area contributed by atoms with Crippen molar-refractivity contribution >= 4 is 5.82 Å². The number of nitrogens with one attached hydrogen (secondary N) is 1. The van der Waals surface area contributed by atoms with Gasteiger partial charge in [0, 0.05) is 23.8 Å². The van der Waals surface area contributed by atoms with Gasteiger partial charge >= 0.3 is 0 Å². The Morgan fingerprint density at radius 3 is 2.64 bits per heavy atom. The Bertz CT molecular complexity index is 310. The first kappa shape index (κ1) is 9.56. The molecule has 2 rings (SSSR count). The molecule has 0 saturated heterocycles. The van der Waals surface area contributed by atoms with E-state index in [1.165, 1.54) is 24.8 Å². The smallest absolute Gasteiger partial charge is 0.151 e. The molecule has 1 aromatic heterocycles. The Balaban J connectivity index is 2.08. The average Bonchev–Trinajstić information content (AvgIpc) is 2.40.